The predicted molar refractivity (Wildman–Crippen MR) is 81.2 cm³/mol. The summed E-state index contributed by atoms with van der Waals surface area (Å²) in [5.41, 5.74) is 0.673. The number of carbonyl (C=O) groups excluding carboxylic acids is 1. The minimum absolute atomic E-state index is 0.139. The number of hydrogen-bond acceptors (Lipinski definition) is 4. The summed E-state index contributed by atoms with van der Waals surface area (Å²) >= 11 is 0. The van der Waals surface area contributed by atoms with E-state index in [2.05, 4.69) is 25.9 Å². The van der Waals surface area contributed by atoms with Crippen LogP contribution in [-0.4, -0.2) is 49.7 Å². The number of guanidine groups is 1. The number of nitrogens with one attached hydrogen (secondary N) is 3. The van der Waals surface area contributed by atoms with Gasteiger partial charge in [-0.3, -0.25) is 14.8 Å². The third-order valence-corrected chi connectivity index (χ3v) is 3.11. The maximum Gasteiger partial charge on any atom is 0.243 e. The molecule has 2 rings (SSSR count). The van der Waals surface area contributed by atoms with E-state index in [1.54, 1.807) is 31.6 Å². The fourth-order valence-corrected chi connectivity index (χ4v) is 2.04. The van der Waals surface area contributed by atoms with Crippen molar-refractivity contribution in [3.63, 3.8) is 0 Å². The number of nitrogens with zero attached hydrogens (tertiary/aromatic N) is 2. The largest absolute Gasteiger partial charge is 0.376 e. The highest BCUT2D eigenvalue weighted by atomic mass is 16.5. The van der Waals surface area contributed by atoms with Crippen molar-refractivity contribution in [2.45, 2.75) is 18.9 Å². The van der Waals surface area contributed by atoms with E-state index in [0.29, 0.717) is 18.2 Å². The van der Waals surface area contributed by atoms with E-state index in [0.717, 1.165) is 19.4 Å². The summed E-state index contributed by atoms with van der Waals surface area (Å²) in [6, 6.07) is 3.56. The third-order valence-electron chi connectivity index (χ3n) is 3.11. The Hall–Kier alpha value is -2.15. The van der Waals surface area contributed by atoms with Crippen LogP contribution in [0.15, 0.2) is 29.5 Å². The van der Waals surface area contributed by atoms with Crippen molar-refractivity contribution in [3.05, 3.63) is 24.5 Å². The molecule has 3 N–H and O–H groups in total. The summed E-state index contributed by atoms with van der Waals surface area (Å²) < 4.78 is 5.52. The van der Waals surface area contributed by atoms with Gasteiger partial charge in [-0.05, 0) is 25.0 Å². The number of anilines is 1. The minimum Gasteiger partial charge on any atom is -0.376 e. The molecule has 1 fully saturated rings. The van der Waals surface area contributed by atoms with Crippen LogP contribution in [0.3, 0.4) is 0 Å². The second-order valence-electron chi connectivity index (χ2n) is 4.73. The van der Waals surface area contributed by atoms with Crippen LogP contribution in [0.5, 0.6) is 0 Å². The first kappa shape index (κ1) is 15.2. The number of ether oxygens (including phenoxy) is 1. The molecule has 1 amide bonds. The van der Waals surface area contributed by atoms with Crippen molar-refractivity contribution < 1.29 is 9.53 Å². The minimum atomic E-state index is -0.150. The summed E-state index contributed by atoms with van der Waals surface area (Å²) in [6.45, 7) is 1.66. The van der Waals surface area contributed by atoms with Crippen LogP contribution in [-0.2, 0) is 9.53 Å². The summed E-state index contributed by atoms with van der Waals surface area (Å²) in [5, 5.41) is 8.86. The van der Waals surface area contributed by atoms with E-state index < -0.39 is 0 Å². The lowest BCUT2D eigenvalue weighted by atomic mass is 10.2. The summed E-state index contributed by atoms with van der Waals surface area (Å²) in [5.74, 6) is 0.440. The van der Waals surface area contributed by atoms with E-state index in [1.807, 2.05) is 0 Å². The zero-order valence-electron chi connectivity index (χ0n) is 12.1. The van der Waals surface area contributed by atoms with Gasteiger partial charge in [0.15, 0.2) is 5.96 Å². The van der Waals surface area contributed by atoms with Gasteiger partial charge in [-0.25, -0.2) is 0 Å². The van der Waals surface area contributed by atoms with Gasteiger partial charge in [-0.1, -0.05) is 0 Å². The van der Waals surface area contributed by atoms with Crippen LogP contribution < -0.4 is 16.0 Å². The Morgan fingerprint density at radius 1 is 1.52 bits per heavy atom. The summed E-state index contributed by atoms with van der Waals surface area (Å²) in [6.07, 6.45) is 5.65. The molecule has 21 heavy (non-hydrogen) atoms. The smallest absolute Gasteiger partial charge is 0.243 e. The van der Waals surface area contributed by atoms with Crippen molar-refractivity contribution in [1.29, 1.82) is 0 Å². The summed E-state index contributed by atoms with van der Waals surface area (Å²) in [4.78, 5) is 19.8. The number of carbonyl (C=O) groups is 1. The predicted octanol–water partition coefficient (Wildman–Crippen LogP) is 0.364. The highest BCUT2D eigenvalue weighted by molar-refractivity contribution is 5.94. The lowest BCUT2D eigenvalue weighted by Gasteiger charge is -2.14. The molecule has 7 heteroatoms. The van der Waals surface area contributed by atoms with Gasteiger partial charge in [0.2, 0.25) is 5.91 Å². The molecule has 1 aromatic rings. The molecule has 1 aliphatic rings. The van der Waals surface area contributed by atoms with Crippen molar-refractivity contribution in [1.82, 2.24) is 15.6 Å². The van der Waals surface area contributed by atoms with Gasteiger partial charge >= 0.3 is 0 Å². The van der Waals surface area contributed by atoms with E-state index in [1.165, 1.54) is 0 Å². The number of hydrogen-bond donors (Lipinski definition) is 3. The molecule has 114 valence electrons. The van der Waals surface area contributed by atoms with Gasteiger partial charge in [-0.15, -0.1) is 0 Å². The first-order valence-electron chi connectivity index (χ1n) is 7.04. The molecular weight excluding hydrogens is 270 g/mol. The zero-order chi connectivity index (χ0) is 14.9. The van der Waals surface area contributed by atoms with Crippen LogP contribution in [0.4, 0.5) is 5.69 Å². The number of rotatable bonds is 5. The topological polar surface area (TPSA) is 87.6 Å². The van der Waals surface area contributed by atoms with Crippen LogP contribution >= 0.6 is 0 Å². The molecule has 7 nitrogen and oxygen atoms in total. The van der Waals surface area contributed by atoms with Gasteiger partial charge < -0.3 is 20.7 Å². The Bertz CT molecular complexity index is 472. The van der Waals surface area contributed by atoms with E-state index in [-0.39, 0.29) is 18.6 Å². The van der Waals surface area contributed by atoms with Gasteiger partial charge in [0.1, 0.15) is 0 Å². The molecule has 0 spiro atoms. The molecule has 2 heterocycles. The van der Waals surface area contributed by atoms with Crippen LogP contribution in [0.25, 0.3) is 0 Å². The van der Waals surface area contributed by atoms with E-state index in [4.69, 9.17) is 4.74 Å². The van der Waals surface area contributed by atoms with Crippen molar-refractivity contribution in [3.8, 4) is 0 Å². The van der Waals surface area contributed by atoms with E-state index in [9.17, 15) is 4.79 Å². The standard InChI is InChI=1S/C14H21N5O2/c1-15-14(17-9-12-5-3-7-21-12)18-10-13(20)19-11-4-2-6-16-8-11/h2,4,6,8,12H,3,5,7,9-10H2,1H3,(H,19,20)(H2,15,17,18). The Morgan fingerprint density at radius 2 is 2.43 bits per heavy atom. The molecule has 0 aliphatic carbocycles. The lowest BCUT2D eigenvalue weighted by Crippen LogP contribution is -2.43. The van der Waals surface area contributed by atoms with Crippen LogP contribution in [0.1, 0.15) is 12.8 Å². The van der Waals surface area contributed by atoms with Crippen LogP contribution in [0, 0.1) is 0 Å². The number of aliphatic imine (C=N–C) groups is 1. The Morgan fingerprint density at radius 3 is 3.10 bits per heavy atom. The fourth-order valence-electron chi connectivity index (χ4n) is 2.04. The molecule has 0 aromatic carbocycles. The number of aromatic nitrogens is 1. The van der Waals surface area contributed by atoms with Gasteiger partial charge in [-0.2, -0.15) is 0 Å². The Labute approximate surface area is 124 Å². The monoisotopic (exact) mass is 291 g/mol. The molecule has 1 unspecified atom stereocenters. The maximum absolute atomic E-state index is 11.8. The quantitative estimate of drug-likeness (QED) is 0.539. The van der Waals surface area contributed by atoms with Crippen molar-refractivity contribution in [2.24, 2.45) is 4.99 Å². The number of pyridine rings is 1. The highest BCUT2D eigenvalue weighted by Gasteiger charge is 2.15. The lowest BCUT2D eigenvalue weighted by molar-refractivity contribution is -0.115. The average Bonchev–Trinajstić information content (AvgIpc) is 3.02. The van der Waals surface area contributed by atoms with Crippen LogP contribution in [0.2, 0.25) is 0 Å². The first-order chi connectivity index (χ1) is 10.3. The molecule has 0 radical (unpaired) electrons. The van der Waals surface area contributed by atoms with Gasteiger partial charge in [0.05, 0.1) is 24.5 Å². The highest BCUT2D eigenvalue weighted by Crippen LogP contribution is 2.10. The summed E-state index contributed by atoms with van der Waals surface area (Å²) in [7, 11) is 1.67. The Kier molecular flexibility index (Phi) is 5.96. The molecule has 1 atom stereocenters. The van der Waals surface area contributed by atoms with Crippen molar-refractivity contribution >= 4 is 17.6 Å². The van der Waals surface area contributed by atoms with Crippen molar-refractivity contribution in [2.75, 3.05) is 32.1 Å². The maximum atomic E-state index is 11.8. The average molecular weight is 291 g/mol. The second kappa shape index (κ2) is 8.21. The molecule has 1 aromatic heterocycles. The zero-order valence-corrected chi connectivity index (χ0v) is 12.1. The molecule has 1 aliphatic heterocycles. The molecule has 1 saturated heterocycles. The second-order valence-corrected chi connectivity index (χ2v) is 4.73. The number of amides is 1. The van der Waals surface area contributed by atoms with Gasteiger partial charge in [0, 0.05) is 26.4 Å². The normalized spacial score (nSPS) is 18.3. The first-order valence-corrected chi connectivity index (χ1v) is 7.04. The van der Waals surface area contributed by atoms with Gasteiger partial charge in [0.25, 0.3) is 0 Å². The fraction of sp³-hybridized carbons (Fsp3) is 0.500. The molecule has 0 bridgehead atoms. The third kappa shape index (κ3) is 5.39. The Balaban J connectivity index is 1.68. The molecule has 0 saturated carbocycles. The van der Waals surface area contributed by atoms with E-state index >= 15 is 0 Å². The molecular formula is C14H21N5O2. The SMILES string of the molecule is CN=C(NCC(=O)Nc1cccnc1)NCC1CCCO1.